The van der Waals surface area contributed by atoms with Crippen LogP contribution in [0.3, 0.4) is 0 Å². The minimum Gasteiger partial charge on any atom is -0.367 e. The molecule has 1 fully saturated rings. The van der Waals surface area contributed by atoms with Gasteiger partial charge in [-0.25, -0.2) is 4.98 Å². The lowest BCUT2D eigenvalue weighted by Gasteiger charge is -2.16. The second-order valence-corrected chi connectivity index (χ2v) is 5.91. The summed E-state index contributed by atoms with van der Waals surface area (Å²) in [4.78, 5) is 8.80. The molecule has 2 rings (SSSR count). The molecule has 18 heavy (non-hydrogen) atoms. The summed E-state index contributed by atoms with van der Waals surface area (Å²) < 4.78 is 0. The Labute approximate surface area is 113 Å². The number of hydrogen-bond acceptors (Lipinski definition) is 5. The van der Waals surface area contributed by atoms with Gasteiger partial charge in [-0.2, -0.15) is 16.7 Å². The summed E-state index contributed by atoms with van der Waals surface area (Å²) in [5.74, 6) is 1.69. The Morgan fingerprint density at radius 2 is 2.28 bits per heavy atom. The molecule has 2 unspecified atom stereocenters. The first-order chi connectivity index (χ1) is 8.72. The van der Waals surface area contributed by atoms with Crippen molar-refractivity contribution in [2.45, 2.75) is 44.4 Å². The monoisotopic (exact) mass is 266 g/mol. The predicted molar refractivity (Wildman–Crippen MR) is 79.5 cm³/mol. The molecule has 1 heterocycles. The minimum absolute atomic E-state index is 0.561. The molecule has 0 aliphatic heterocycles. The van der Waals surface area contributed by atoms with Crippen molar-refractivity contribution < 1.29 is 0 Å². The summed E-state index contributed by atoms with van der Waals surface area (Å²) in [5.41, 5.74) is 1.12. The van der Waals surface area contributed by atoms with E-state index in [1.165, 1.54) is 19.3 Å². The number of aromatic nitrogens is 2. The van der Waals surface area contributed by atoms with E-state index in [2.05, 4.69) is 40.7 Å². The molecule has 0 saturated heterocycles. The Balaban J connectivity index is 2.02. The molecule has 0 radical (unpaired) electrons. The zero-order valence-corrected chi connectivity index (χ0v) is 12.2. The normalized spacial score (nSPS) is 23.1. The smallest absolute Gasteiger partial charge is 0.224 e. The lowest BCUT2D eigenvalue weighted by atomic mass is 10.2. The van der Waals surface area contributed by atoms with Crippen LogP contribution in [0.4, 0.5) is 11.8 Å². The Hall–Kier alpha value is -0.970. The first-order valence-corrected chi connectivity index (χ1v) is 7.88. The number of nitrogens with one attached hydrogen (secondary N) is 2. The van der Waals surface area contributed by atoms with E-state index in [1.807, 2.05) is 18.0 Å². The quantitative estimate of drug-likeness (QED) is 0.858. The molecule has 2 N–H and O–H groups in total. The summed E-state index contributed by atoms with van der Waals surface area (Å²) in [5, 5.41) is 7.53. The Morgan fingerprint density at radius 1 is 1.44 bits per heavy atom. The fourth-order valence-electron chi connectivity index (χ4n) is 2.31. The summed E-state index contributed by atoms with van der Waals surface area (Å²) in [7, 11) is 0. The van der Waals surface area contributed by atoms with Crippen molar-refractivity contribution in [2.75, 3.05) is 23.4 Å². The van der Waals surface area contributed by atoms with Gasteiger partial charge in [0.2, 0.25) is 5.95 Å². The van der Waals surface area contributed by atoms with Crippen molar-refractivity contribution in [3.63, 3.8) is 0 Å². The van der Waals surface area contributed by atoms with Crippen LogP contribution in [0.5, 0.6) is 0 Å². The lowest BCUT2D eigenvalue weighted by molar-refractivity contribution is 0.750. The maximum atomic E-state index is 4.54. The zero-order valence-electron chi connectivity index (χ0n) is 11.4. The van der Waals surface area contributed by atoms with Gasteiger partial charge in [0.05, 0.1) is 0 Å². The van der Waals surface area contributed by atoms with E-state index >= 15 is 0 Å². The van der Waals surface area contributed by atoms with E-state index in [0.29, 0.717) is 12.0 Å². The van der Waals surface area contributed by atoms with Crippen molar-refractivity contribution in [2.24, 2.45) is 0 Å². The largest absolute Gasteiger partial charge is 0.367 e. The van der Waals surface area contributed by atoms with Gasteiger partial charge in [0.25, 0.3) is 0 Å². The van der Waals surface area contributed by atoms with Gasteiger partial charge in [-0.15, -0.1) is 0 Å². The molecule has 0 aromatic carbocycles. The van der Waals surface area contributed by atoms with Gasteiger partial charge >= 0.3 is 0 Å². The van der Waals surface area contributed by atoms with Crippen LogP contribution in [0.2, 0.25) is 0 Å². The summed E-state index contributed by atoms with van der Waals surface area (Å²) in [6, 6.07) is 0.561. The molecule has 0 amide bonds. The van der Waals surface area contributed by atoms with Gasteiger partial charge in [-0.3, -0.25) is 0 Å². The van der Waals surface area contributed by atoms with Crippen LogP contribution in [-0.4, -0.2) is 34.1 Å². The topological polar surface area (TPSA) is 49.8 Å². The maximum absolute atomic E-state index is 4.54. The molecule has 5 heteroatoms. The third kappa shape index (κ3) is 3.28. The molecular weight excluding hydrogens is 244 g/mol. The number of thioether (sulfide) groups is 1. The molecule has 1 saturated carbocycles. The van der Waals surface area contributed by atoms with Gasteiger partial charge in [0, 0.05) is 29.6 Å². The highest BCUT2D eigenvalue weighted by atomic mass is 32.2. The molecule has 100 valence electrons. The van der Waals surface area contributed by atoms with Crippen molar-refractivity contribution in [3.8, 4) is 0 Å². The van der Waals surface area contributed by atoms with E-state index in [1.54, 1.807) is 0 Å². The van der Waals surface area contributed by atoms with Crippen molar-refractivity contribution in [3.05, 3.63) is 11.8 Å². The molecule has 1 aromatic heterocycles. The highest BCUT2D eigenvalue weighted by Crippen LogP contribution is 2.30. The number of aryl methyl sites for hydroxylation is 1. The number of nitrogens with zero attached hydrogens (tertiary/aromatic N) is 2. The molecular formula is C13H22N4S. The fourth-order valence-corrected chi connectivity index (χ4v) is 3.11. The molecule has 0 spiro atoms. The van der Waals surface area contributed by atoms with Crippen molar-refractivity contribution in [1.29, 1.82) is 0 Å². The van der Waals surface area contributed by atoms with E-state index in [0.717, 1.165) is 23.2 Å². The second-order valence-electron chi connectivity index (χ2n) is 4.77. The summed E-state index contributed by atoms with van der Waals surface area (Å²) in [6.45, 7) is 4.95. The predicted octanol–water partition coefficient (Wildman–Crippen LogP) is 2.91. The first-order valence-electron chi connectivity index (χ1n) is 6.59. The fraction of sp³-hybridized carbons (Fsp3) is 0.692. The van der Waals surface area contributed by atoms with Crippen LogP contribution >= 0.6 is 11.8 Å². The second kappa shape index (κ2) is 6.27. The Morgan fingerprint density at radius 3 is 2.94 bits per heavy atom. The van der Waals surface area contributed by atoms with Crippen LogP contribution in [-0.2, 0) is 0 Å². The standard InChI is InChI=1S/C13H22N4S/c1-4-14-13-15-8-9(2)12(17-13)16-10-5-6-11(7-10)18-3/h8,10-11H,4-7H2,1-3H3,(H2,14,15,16,17). The minimum atomic E-state index is 0.561. The molecule has 1 aliphatic carbocycles. The van der Waals surface area contributed by atoms with Gasteiger partial charge in [0.1, 0.15) is 5.82 Å². The van der Waals surface area contributed by atoms with Gasteiger partial charge < -0.3 is 10.6 Å². The molecule has 2 atom stereocenters. The van der Waals surface area contributed by atoms with Gasteiger partial charge in [-0.1, -0.05) is 0 Å². The van der Waals surface area contributed by atoms with E-state index in [9.17, 15) is 0 Å². The first kappa shape index (κ1) is 13.5. The third-order valence-corrected chi connectivity index (χ3v) is 4.46. The Kier molecular flexibility index (Phi) is 4.69. The van der Waals surface area contributed by atoms with Gasteiger partial charge in [0.15, 0.2) is 0 Å². The van der Waals surface area contributed by atoms with E-state index in [-0.39, 0.29) is 0 Å². The summed E-state index contributed by atoms with van der Waals surface area (Å²) >= 11 is 1.98. The number of anilines is 2. The number of hydrogen-bond donors (Lipinski definition) is 2. The zero-order chi connectivity index (χ0) is 13.0. The summed E-state index contributed by atoms with van der Waals surface area (Å²) in [6.07, 6.45) is 7.87. The average molecular weight is 266 g/mol. The lowest BCUT2D eigenvalue weighted by Crippen LogP contribution is -2.18. The van der Waals surface area contributed by atoms with Crippen LogP contribution in [0.25, 0.3) is 0 Å². The van der Waals surface area contributed by atoms with Crippen molar-refractivity contribution in [1.82, 2.24) is 9.97 Å². The highest BCUT2D eigenvalue weighted by molar-refractivity contribution is 7.99. The van der Waals surface area contributed by atoms with E-state index < -0.39 is 0 Å². The Bertz CT molecular complexity index is 397. The van der Waals surface area contributed by atoms with E-state index in [4.69, 9.17) is 0 Å². The molecule has 1 aromatic rings. The maximum Gasteiger partial charge on any atom is 0.224 e. The third-order valence-electron chi connectivity index (χ3n) is 3.37. The van der Waals surface area contributed by atoms with Crippen LogP contribution in [0, 0.1) is 6.92 Å². The average Bonchev–Trinajstić information content (AvgIpc) is 2.81. The molecule has 4 nitrogen and oxygen atoms in total. The van der Waals surface area contributed by atoms with Gasteiger partial charge in [-0.05, 0) is 39.4 Å². The van der Waals surface area contributed by atoms with Crippen molar-refractivity contribution >= 4 is 23.5 Å². The molecule has 0 bridgehead atoms. The number of rotatable bonds is 5. The van der Waals surface area contributed by atoms with Crippen LogP contribution < -0.4 is 10.6 Å². The highest BCUT2D eigenvalue weighted by Gasteiger charge is 2.24. The van der Waals surface area contributed by atoms with Crippen LogP contribution in [0.15, 0.2) is 6.20 Å². The molecule has 1 aliphatic rings. The van der Waals surface area contributed by atoms with Crippen LogP contribution in [0.1, 0.15) is 31.7 Å². The SMILES string of the molecule is CCNc1ncc(C)c(NC2CCC(SC)C2)n1.